The fourth-order valence-corrected chi connectivity index (χ4v) is 2.82. The molecule has 0 aliphatic carbocycles. The van der Waals surface area contributed by atoms with Gasteiger partial charge in [0.1, 0.15) is 11.6 Å². The lowest BCUT2D eigenvalue weighted by Crippen LogP contribution is -2.11. The molecule has 0 saturated carbocycles. The molecule has 2 nitrogen and oxygen atoms in total. The molecule has 0 saturated heterocycles. The third kappa shape index (κ3) is 2.46. The molecule has 1 heterocycles. The molecule has 20 heavy (non-hydrogen) atoms. The Kier molecular flexibility index (Phi) is 3.54. The van der Waals surface area contributed by atoms with Gasteiger partial charge in [0.2, 0.25) is 0 Å². The molecular weight excluding hydrogens is 345 g/mol. The number of nitrogens with two attached hydrogens (primary N) is 1. The van der Waals surface area contributed by atoms with E-state index in [4.69, 9.17) is 21.8 Å². The van der Waals surface area contributed by atoms with Gasteiger partial charge in [0, 0.05) is 9.86 Å². The van der Waals surface area contributed by atoms with E-state index in [0.717, 1.165) is 5.39 Å². The van der Waals surface area contributed by atoms with E-state index in [-0.39, 0.29) is 5.82 Å². The molecule has 102 valence electrons. The molecule has 0 radical (unpaired) electrons. The number of hydrogen-bond acceptors (Lipinski definition) is 2. The highest BCUT2D eigenvalue weighted by Gasteiger charge is 2.16. The van der Waals surface area contributed by atoms with Crippen molar-refractivity contribution in [3.63, 3.8) is 0 Å². The van der Waals surface area contributed by atoms with Crippen molar-refractivity contribution in [3.8, 4) is 0 Å². The Balaban J connectivity index is 2.07. The molecule has 3 aromatic rings. The number of rotatable bonds is 2. The quantitative estimate of drug-likeness (QED) is 0.700. The zero-order chi connectivity index (χ0) is 14.3. The first-order chi connectivity index (χ1) is 9.54. The second kappa shape index (κ2) is 5.20. The maximum Gasteiger partial charge on any atom is 0.152 e. The highest BCUT2D eigenvalue weighted by molar-refractivity contribution is 9.10. The van der Waals surface area contributed by atoms with Crippen molar-refractivity contribution < 1.29 is 8.81 Å². The van der Waals surface area contributed by atoms with Crippen molar-refractivity contribution in [1.29, 1.82) is 0 Å². The van der Waals surface area contributed by atoms with Crippen LogP contribution < -0.4 is 5.73 Å². The van der Waals surface area contributed by atoms with Crippen LogP contribution in [0.15, 0.2) is 51.4 Å². The molecule has 2 aromatic carbocycles. The Bertz CT molecular complexity index is 766. The Morgan fingerprint density at radius 2 is 2.00 bits per heavy atom. The number of para-hydroxylation sites is 1. The van der Waals surface area contributed by atoms with Gasteiger partial charge in [0.25, 0.3) is 0 Å². The third-order valence-corrected chi connectivity index (χ3v) is 3.82. The fourth-order valence-electron chi connectivity index (χ4n) is 2.12. The van der Waals surface area contributed by atoms with Crippen molar-refractivity contribution in [2.75, 3.05) is 0 Å². The summed E-state index contributed by atoms with van der Waals surface area (Å²) >= 11 is 9.32. The largest absolute Gasteiger partial charge is 0.457 e. The second-order valence-corrected chi connectivity index (χ2v) is 5.81. The van der Waals surface area contributed by atoms with E-state index in [1.54, 1.807) is 12.1 Å². The standard InChI is InChI=1S/C15H10BrClFNO/c16-10-4-9(5-11(18)7-10)14(19)13-6-8-2-1-3-12(17)15(8)20-13/h1-7,14H,19H2. The molecule has 0 spiro atoms. The van der Waals surface area contributed by atoms with E-state index in [9.17, 15) is 4.39 Å². The van der Waals surface area contributed by atoms with Crippen molar-refractivity contribution in [3.05, 3.63) is 69.1 Å². The lowest BCUT2D eigenvalue weighted by Gasteiger charge is -2.09. The normalized spacial score (nSPS) is 12.8. The van der Waals surface area contributed by atoms with E-state index < -0.39 is 6.04 Å². The van der Waals surface area contributed by atoms with Crippen LogP contribution in [0.2, 0.25) is 5.02 Å². The molecule has 2 N–H and O–H groups in total. The van der Waals surface area contributed by atoms with E-state index in [1.165, 1.54) is 12.1 Å². The summed E-state index contributed by atoms with van der Waals surface area (Å²) < 4.78 is 19.8. The first-order valence-electron chi connectivity index (χ1n) is 5.94. The van der Waals surface area contributed by atoms with Crippen LogP contribution in [-0.2, 0) is 0 Å². The van der Waals surface area contributed by atoms with Crippen LogP contribution in [-0.4, -0.2) is 0 Å². The summed E-state index contributed by atoms with van der Waals surface area (Å²) in [6.07, 6.45) is 0. The molecule has 1 aromatic heterocycles. The van der Waals surface area contributed by atoms with E-state index in [1.807, 2.05) is 18.2 Å². The van der Waals surface area contributed by atoms with Crippen LogP contribution in [0, 0.1) is 5.82 Å². The van der Waals surface area contributed by atoms with Gasteiger partial charge in [-0.1, -0.05) is 39.7 Å². The highest BCUT2D eigenvalue weighted by atomic mass is 79.9. The zero-order valence-corrected chi connectivity index (χ0v) is 12.6. The molecule has 3 rings (SSSR count). The van der Waals surface area contributed by atoms with Crippen LogP contribution in [0.3, 0.4) is 0 Å². The Morgan fingerprint density at radius 3 is 2.70 bits per heavy atom. The van der Waals surface area contributed by atoms with Crippen molar-refractivity contribution in [1.82, 2.24) is 0 Å². The molecule has 1 unspecified atom stereocenters. The Hall–Kier alpha value is -1.36. The van der Waals surface area contributed by atoms with Gasteiger partial charge < -0.3 is 10.2 Å². The molecule has 0 amide bonds. The minimum atomic E-state index is -0.550. The number of fused-ring (bicyclic) bond motifs is 1. The van der Waals surface area contributed by atoms with E-state index in [2.05, 4.69) is 15.9 Å². The first kappa shape index (κ1) is 13.6. The number of furan rings is 1. The summed E-state index contributed by atoms with van der Waals surface area (Å²) in [4.78, 5) is 0. The molecule has 0 fully saturated rings. The second-order valence-electron chi connectivity index (χ2n) is 4.49. The van der Waals surface area contributed by atoms with Gasteiger partial charge in [-0.15, -0.1) is 0 Å². The number of halogens is 3. The maximum atomic E-state index is 13.4. The van der Waals surface area contributed by atoms with Crippen LogP contribution in [0.5, 0.6) is 0 Å². The van der Waals surface area contributed by atoms with Gasteiger partial charge >= 0.3 is 0 Å². The van der Waals surface area contributed by atoms with Gasteiger partial charge in [-0.2, -0.15) is 0 Å². The number of hydrogen-bond donors (Lipinski definition) is 1. The summed E-state index contributed by atoms with van der Waals surface area (Å²) in [5.74, 6) is 0.199. The predicted octanol–water partition coefficient (Wildman–Crippen LogP) is 5.04. The molecule has 0 aliphatic heterocycles. The minimum absolute atomic E-state index is 0.348. The van der Waals surface area contributed by atoms with E-state index >= 15 is 0 Å². The average molecular weight is 355 g/mol. The van der Waals surface area contributed by atoms with Gasteiger partial charge in [0.15, 0.2) is 5.58 Å². The first-order valence-corrected chi connectivity index (χ1v) is 7.11. The topological polar surface area (TPSA) is 39.2 Å². The van der Waals surface area contributed by atoms with Gasteiger partial charge in [0.05, 0.1) is 11.1 Å². The monoisotopic (exact) mass is 353 g/mol. The summed E-state index contributed by atoms with van der Waals surface area (Å²) in [6.45, 7) is 0. The summed E-state index contributed by atoms with van der Waals surface area (Å²) in [5, 5.41) is 1.40. The van der Waals surface area contributed by atoms with Crippen molar-refractivity contribution in [2.45, 2.75) is 6.04 Å². The number of benzene rings is 2. The fraction of sp³-hybridized carbons (Fsp3) is 0.0667. The Morgan fingerprint density at radius 1 is 1.20 bits per heavy atom. The maximum absolute atomic E-state index is 13.4. The highest BCUT2D eigenvalue weighted by Crippen LogP contribution is 2.31. The predicted molar refractivity (Wildman–Crippen MR) is 81.4 cm³/mol. The van der Waals surface area contributed by atoms with Gasteiger partial charge in [-0.3, -0.25) is 0 Å². The smallest absolute Gasteiger partial charge is 0.152 e. The van der Waals surface area contributed by atoms with Crippen LogP contribution in [0.1, 0.15) is 17.4 Å². The van der Waals surface area contributed by atoms with Crippen LogP contribution >= 0.6 is 27.5 Å². The lowest BCUT2D eigenvalue weighted by molar-refractivity contribution is 0.523. The van der Waals surface area contributed by atoms with E-state index in [0.29, 0.717) is 26.4 Å². The average Bonchev–Trinajstić information content (AvgIpc) is 2.82. The molecule has 0 bridgehead atoms. The molecule has 0 aliphatic rings. The van der Waals surface area contributed by atoms with Crippen LogP contribution in [0.4, 0.5) is 4.39 Å². The van der Waals surface area contributed by atoms with Crippen LogP contribution in [0.25, 0.3) is 11.0 Å². The summed E-state index contributed by atoms with van der Waals surface area (Å²) in [7, 11) is 0. The SMILES string of the molecule is NC(c1cc(F)cc(Br)c1)c1cc2cccc(Cl)c2o1. The van der Waals surface area contributed by atoms with Gasteiger partial charge in [-0.25, -0.2) is 4.39 Å². The lowest BCUT2D eigenvalue weighted by atomic mass is 10.1. The summed E-state index contributed by atoms with van der Waals surface area (Å²) in [5.41, 5.74) is 7.37. The van der Waals surface area contributed by atoms with Crippen molar-refractivity contribution in [2.24, 2.45) is 5.73 Å². The van der Waals surface area contributed by atoms with Gasteiger partial charge in [-0.05, 0) is 35.9 Å². The zero-order valence-electron chi connectivity index (χ0n) is 10.2. The summed E-state index contributed by atoms with van der Waals surface area (Å²) in [6, 6.07) is 11.3. The minimum Gasteiger partial charge on any atom is -0.457 e. The molecule has 5 heteroatoms. The Labute approximate surface area is 128 Å². The third-order valence-electron chi connectivity index (χ3n) is 3.07. The van der Waals surface area contributed by atoms with Crippen molar-refractivity contribution >= 4 is 38.5 Å². The molecular formula is C15H10BrClFNO. The molecule has 1 atom stereocenters.